The molecule has 0 bridgehead atoms. The predicted octanol–water partition coefficient (Wildman–Crippen LogP) is 1.52. The highest BCUT2D eigenvalue weighted by Gasteiger charge is 2.62. The monoisotopic (exact) mass is 206 g/mol. The van der Waals surface area contributed by atoms with Crippen LogP contribution in [-0.4, -0.2) is 29.1 Å². The van der Waals surface area contributed by atoms with Crippen molar-refractivity contribution in [1.29, 1.82) is 0 Å². The quantitative estimate of drug-likeness (QED) is 0.711. The van der Waals surface area contributed by atoms with Gasteiger partial charge in [-0.25, -0.2) is 0 Å². The summed E-state index contributed by atoms with van der Waals surface area (Å²) < 4.78 is 58.9. The molecule has 78 valence electrons. The van der Waals surface area contributed by atoms with Crippen LogP contribution in [0.5, 0.6) is 0 Å². The van der Waals surface area contributed by atoms with E-state index in [1.807, 2.05) is 0 Å². The van der Waals surface area contributed by atoms with E-state index in [9.17, 15) is 26.7 Å². The predicted molar refractivity (Wildman–Crippen MR) is 32.3 cm³/mol. The van der Waals surface area contributed by atoms with Crippen LogP contribution in [0.4, 0.5) is 22.0 Å². The smallest absolute Gasteiger partial charge is 0.386 e. The van der Waals surface area contributed by atoms with Gasteiger partial charge in [0.2, 0.25) is 0 Å². The molecule has 2 nitrogen and oxygen atoms in total. The third-order valence-electron chi connectivity index (χ3n) is 1.28. The van der Waals surface area contributed by atoms with Gasteiger partial charge in [-0.05, 0) is 6.92 Å². The minimum atomic E-state index is -5.83. The molecular weight excluding hydrogens is 199 g/mol. The van der Waals surface area contributed by atoms with Gasteiger partial charge in [-0.15, -0.1) is 0 Å². The Labute approximate surface area is 70.3 Å². The normalized spacial score (nSPS) is 15.6. The van der Waals surface area contributed by atoms with Crippen molar-refractivity contribution in [3.63, 3.8) is 0 Å². The van der Waals surface area contributed by atoms with Crippen LogP contribution in [0.2, 0.25) is 0 Å². The lowest BCUT2D eigenvalue weighted by Gasteiger charge is -2.23. The Morgan fingerprint density at radius 2 is 1.69 bits per heavy atom. The van der Waals surface area contributed by atoms with Crippen molar-refractivity contribution < 1.29 is 31.9 Å². The van der Waals surface area contributed by atoms with Crippen LogP contribution in [0.15, 0.2) is 0 Å². The van der Waals surface area contributed by atoms with Crippen LogP contribution < -0.4 is 0 Å². The first-order chi connectivity index (χ1) is 5.59. The number of alkyl halides is 5. The highest BCUT2D eigenvalue weighted by atomic mass is 19.4. The van der Waals surface area contributed by atoms with Gasteiger partial charge in [0.15, 0.2) is 0 Å². The molecule has 13 heavy (non-hydrogen) atoms. The molecule has 1 atom stereocenters. The average molecular weight is 206 g/mol. The van der Waals surface area contributed by atoms with E-state index in [4.69, 9.17) is 5.11 Å². The second kappa shape index (κ2) is 3.57. The minimum absolute atomic E-state index is 0.815. The van der Waals surface area contributed by atoms with E-state index < -0.39 is 30.4 Å². The number of aliphatic hydroxyl groups excluding tert-OH is 1. The molecule has 1 N–H and O–H groups in total. The summed E-state index contributed by atoms with van der Waals surface area (Å²) in [6, 6.07) is 0. The summed E-state index contributed by atoms with van der Waals surface area (Å²) in [7, 11) is 0. The van der Waals surface area contributed by atoms with Gasteiger partial charge in [0, 0.05) is 6.42 Å². The third-order valence-corrected chi connectivity index (χ3v) is 1.28. The zero-order valence-corrected chi connectivity index (χ0v) is 6.53. The van der Waals surface area contributed by atoms with Crippen molar-refractivity contribution in [3.05, 3.63) is 0 Å². The standard InChI is InChI=1S/C6H7F5O2/c1-3(12)2-4(13)5(7,8)6(9,10)11/h4,13H,2H2,1H3/t4-/m0/s1. The van der Waals surface area contributed by atoms with Crippen LogP contribution in [0.25, 0.3) is 0 Å². The highest BCUT2D eigenvalue weighted by molar-refractivity contribution is 5.76. The molecule has 0 heterocycles. The maximum Gasteiger partial charge on any atom is 0.456 e. The molecule has 0 rings (SSSR count). The summed E-state index contributed by atoms with van der Waals surface area (Å²) in [6.07, 6.45) is -10.1. The van der Waals surface area contributed by atoms with E-state index in [2.05, 4.69) is 0 Å². The van der Waals surface area contributed by atoms with E-state index in [-0.39, 0.29) is 0 Å². The summed E-state index contributed by atoms with van der Waals surface area (Å²) in [5.74, 6) is -6.17. The lowest BCUT2D eigenvalue weighted by molar-refractivity contribution is -0.312. The molecule has 0 unspecified atom stereocenters. The van der Waals surface area contributed by atoms with E-state index in [1.54, 1.807) is 0 Å². The first kappa shape index (κ1) is 12.3. The van der Waals surface area contributed by atoms with Gasteiger partial charge in [0.05, 0.1) is 0 Å². The van der Waals surface area contributed by atoms with Crippen molar-refractivity contribution >= 4 is 5.78 Å². The van der Waals surface area contributed by atoms with E-state index in [0.29, 0.717) is 0 Å². The molecule has 0 aromatic rings. The molecule has 0 aliphatic carbocycles. The van der Waals surface area contributed by atoms with Gasteiger partial charge in [-0.1, -0.05) is 0 Å². The Kier molecular flexibility index (Phi) is 3.37. The topological polar surface area (TPSA) is 37.3 Å². The second-order valence-electron chi connectivity index (χ2n) is 2.54. The van der Waals surface area contributed by atoms with E-state index >= 15 is 0 Å². The molecular formula is C6H7F5O2. The van der Waals surface area contributed by atoms with Gasteiger partial charge < -0.3 is 5.11 Å². The Bertz CT molecular complexity index is 198. The number of carbonyl (C=O) groups excluding carboxylic acids is 1. The van der Waals surface area contributed by atoms with Crippen LogP contribution in [-0.2, 0) is 4.79 Å². The lowest BCUT2D eigenvalue weighted by Crippen LogP contribution is -2.47. The average Bonchev–Trinajstić information content (AvgIpc) is 1.82. The fourth-order valence-electron chi connectivity index (χ4n) is 0.589. The molecule has 0 spiro atoms. The summed E-state index contributed by atoms with van der Waals surface area (Å²) in [6.45, 7) is 0.815. The second-order valence-corrected chi connectivity index (χ2v) is 2.54. The molecule has 7 heteroatoms. The SMILES string of the molecule is CC(=O)C[C@H](O)C(F)(F)C(F)(F)F. The number of halogens is 5. The highest BCUT2D eigenvalue weighted by Crippen LogP contribution is 2.38. The maximum absolute atomic E-state index is 12.2. The van der Waals surface area contributed by atoms with Gasteiger partial charge in [0.25, 0.3) is 0 Å². The lowest BCUT2D eigenvalue weighted by atomic mass is 10.1. The van der Waals surface area contributed by atoms with Crippen molar-refractivity contribution in [3.8, 4) is 0 Å². The molecule has 0 aromatic carbocycles. The first-order valence-electron chi connectivity index (χ1n) is 3.21. The zero-order chi connectivity index (χ0) is 10.9. The summed E-state index contributed by atoms with van der Waals surface area (Å²) >= 11 is 0. The Balaban J connectivity index is 4.54. The summed E-state index contributed by atoms with van der Waals surface area (Å²) in [5.41, 5.74) is 0. The zero-order valence-electron chi connectivity index (χ0n) is 6.53. The molecule has 0 saturated heterocycles. The third kappa shape index (κ3) is 2.91. The number of hydrogen-bond donors (Lipinski definition) is 1. The fourth-order valence-corrected chi connectivity index (χ4v) is 0.589. The molecule has 0 aromatic heterocycles. The number of carbonyl (C=O) groups is 1. The van der Waals surface area contributed by atoms with Crippen LogP contribution in [0.3, 0.4) is 0 Å². The summed E-state index contributed by atoms with van der Waals surface area (Å²) in [5, 5.41) is 8.39. The Morgan fingerprint density at radius 1 is 1.31 bits per heavy atom. The van der Waals surface area contributed by atoms with Gasteiger partial charge >= 0.3 is 12.1 Å². The van der Waals surface area contributed by atoms with Crippen LogP contribution in [0.1, 0.15) is 13.3 Å². The number of hydrogen-bond acceptors (Lipinski definition) is 2. The van der Waals surface area contributed by atoms with Gasteiger partial charge in [0.1, 0.15) is 11.9 Å². The largest absolute Gasteiger partial charge is 0.456 e. The van der Waals surface area contributed by atoms with Crippen LogP contribution in [0, 0.1) is 0 Å². The van der Waals surface area contributed by atoms with Crippen molar-refractivity contribution in [2.24, 2.45) is 0 Å². The first-order valence-corrected chi connectivity index (χ1v) is 3.21. The number of rotatable bonds is 3. The van der Waals surface area contributed by atoms with E-state index in [0.717, 1.165) is 6.92 Å². The van der Waals surface area contributed by atoms with Crippen molar-refractivity contribution in [2.45, 2.75) is 31.5 Å². The number of aliphatic hydroxyl groups is 1. The van der Waals surface area contributed by atoms with Crippen molar-refractivity contribution in [2.75, 3.05) is 0 Å². The Morgan fingerprint density at radius 3 is 1.92 bits per heavy atom. The van der Waals surface area contributed by atoms with Gasteiger partial charge in [-0.2, -0.15) is 22.0 Å². The van der Waals surface area contributed by atoms with E-state index in [1.165, 1.54) is 0 Å². The maximum atomic E-state index is 12.2. The number of Topliss-reactive ketones (excluding diaryl/α,β-unsaturated/α-hetero) is 1. The molecule has 0 amide bonds. The Hall–Kier alpha value is -0.720. The minimum Gasteiger partial charge on any atom is -0.386 e. The van der Waals surface area contributed by atoms with Gasteiger partial charge in [-0.3, -0.25) is 4.79 Å². The summed E-state index contributed by atoms with van der Waals surface area (Å²) in [4.78, 5) is 10.2. The molecule has 0 aliphatic heterocycles. The fraction of sp³-hybridized carbons (Fsp3) is 0.833. The molecule has 0 radical (unpaired) electrons. The number of ketones is 1. The van der Waals surface area contributed by atoms with Crippen molar-refractivity contribution in [1.82, 2.24) is 0 Å². The molecule has 0 saturated carbocycles. The molecule has 0 aliphatic rings. The molecule has 0 fully saturated rings. The van der Waals surface area contributed by atoms with Crippen LogP contribution >= 0.6 is 0 Å².